The van der Waals surface area contributed by atoms with Gasteiger partial charge >= 0.3 is 0 Å². The Hall–Kier alpha value is -2.22. The number of hydrogen-bond acceptors (Lipinski definition) is 4. The number of aromatic nitrogens is 5. The van der Waals surface area contributed by atoms with Gasteiger partial charge in [0, 0.05) is 31.2 Å². The first-order chi connectivity index (χ1) is 11.1. The van der Waals surface area contributed by atoms with Crippen LogP contribution in [0.15, 0.2) is 29.0 Å². The molecule has 3 aromatic rings. The third-order valence-corrected chi connectivity index (χ3v) is 4.22. The molecule has 0 fully saturated rings. The van der Waals surface area contributed by atoms with Crippen molar-refractivity contribution in [3.05, 3.63) is 46.1 Å². The second kappa shape index (κ2) is 6.49. The molecule has 0 spiro atoms. The van der Waals surface area contributed by atoms with Crippen molar-refractivity contribution in [2.75, 3.05) is 6.54 Å². The minimum Gasteiger partial charge on any atom is -0.351 e. The van der Waals surface area contributed by atoms with Crippen molar-refractivity contribution in [1.82, 2.24) is 29.7 Å². The van der Waals surface area contributed by atoms with Gasteiger partial charge in [0.15, 0.2) is 11.3 Å². The summed E-state index contributed by atoms with van der Waals surface area (Å²) < 4.78 is 4.13. The van der Waals surface area contributed by atoms with Crippen LogP contribution in [-0.2, 0) is 6.54 Å². The second-order valence-corrected chi connectivity index (χ2v) is 6.10. The molecular weight excluding hydrogens is 360 g/mol. The van der Waals surface area contributed by atoms with Gasteiger partial charge in [-0.15, -0.1) is 0 Å². The van der Waals surface area contributed by atoms with Gasteiger partial charge in [-0.2, -0.15) is 10.2 Å². The highest BCUT2D eigenvalue weighted by molar-refractivity contribution is 9.10. The molecule has 7 nitrogen and oxygen atoms in total. The average molecular weight is 377 g/mol. The van der Waals surface area contributed by atoms with E-state index < -0.39 is 0 Å². The van der Waals surface area contributed by atoms with Crippen LogP contribution in [0.4, 0.5) is 0 Å². The first kappa shape index (κ1) is 15.7. The number of hydrogen-bond donors (Lipinski definition) is 1. The fourth-order valence-electron chi connectivity index (χ4n) is 2.42. The summed E-state index contributed by atoms with van der Waals surface area (Å²) in [6, 6.07) is 3.81. The summed E-state index contributed by atoms with van der Waals surface area (Å²) in [6.45, 7) is 5.33. The van der Waals surface area contributed by atoms with Crippen LogP contribution in [0.3, 0.4) is 0 Å². The molecule has 0 atom stereocenters. The molecule has 0 radical (unpaired) electrons. The lowest BCUT2D eigenvalue weighted by molar-refractivity contribution is 0.0946. The van der Waals surface area contributed by atoms with Crippen molar-refractivity contribution in [2.24, 2.45) is 0 Å². The molecule has 1 amide bonds. The number of nitrogens with zero attached hydrogens (tertiary/aromatic N) is 5. The summed E-state index contributed by atoms with van der Waals surface area (Å²) in [7, 11) is 0. The van der Waals surface area contributed by atoms with Crippen molar-refractivity contribution in [2.45, 2.75) is 26.8 Å². The summed E-state index contributed by atoms with van der Waals surface area (Å²) >= 11 is 3.39. The summed E-state index contributed by atoms with van der Waals surface area (Å²) in [5.74, 6) is -0.212. The number of nitrogens with one attached hydrogen (secondary N) is 1. The van der Waals surface area contributed by atoms with Crippen LogP contribution in [-0.4, -0.2) is 36.8 Å². The highest BCUT2D eigenvalue weighted by Crippen LogP contribution is 2.20. The Morgan fingerprint density at radius 3 is 2.87 bits per heavy atom. The molecular formula is C15H17BrN6O. The third kappa shape index (κ3) is 3.26. The number of carbonyl (C=O) groups is 1. The van der Waals surface area contributed by atoms with Crippen LogP contribution < -0.4 is 5.32 Å². The van der Waals surface area contributed by atoms with E-state index in [1.807, 2.05) is 24.6 Å². The lowest BCUT2D eigenvalue weighted by atomic mass is 10.3. The van der Waals surface area contributed by atoms with E-state index >= 15 is 0 Å². The molecule has 0 saturated heterocycles. The average Bonchev–Trinajstić information content (AvgIpc) is 3.03. The van der Waals surface area contributed by atoms with Crippen LogP contribution in [0.1, 0.15) is 28.3 Å². The summed E-state index contributed by atoms with van der Waals surface area (Å²) in [5.41, 5.74) is 3.10. The Labute approximate surface area is 141 Å². The van der Waals surface area contributed by atoms with Crippen molar-refractivity contribution in [3.8, 4) is 0 Å². The maximum Gasteiger partial charge on any atom is 0.273 e. The minimum atomic E-state index is -0.212. The Bertz CT molecular complexity index is 853. The molecule has 3 heterocycles. The number of rotatable bonds is 5. The smallest absolute Gasteiger partial charge is 0.273 e. The molecule has 0 unspecified atom stereocenters. The molecule has 0 aliphatic heterocycles. The van der Waals surface area contributed by atoms with Gasteiger partial charge < -0.3 is 5.32 Å². The Morgan fingerprint density at radius 1 is 1.35 bits per heavy atom. The molecule has 0 aromatic carbocycles. The maximum absolute atomic E-state index is 12.3. The van der Waals surface area contributed by atoms with Gasteiger partial charge in [-0.05, 0) is 48.3 Å². The van der Waals surface area contributed by atoms with E-state index in [0.717, 1.165) is 24.4 Å². The van der Waals surface area contributed by atoms with Gasteiger partial charge in [0.05, 0.1) is 10.2 Å². The van der Waals surface area contributed by atoms with E-state index in [1.54, 1.807) is 23.0 Å². The normalized spacial score (nSPS) is 11.1. The van der Waals surface area contributed by atoms with Crippen molar-refractivity contribution in [3.63, 3.8) is 0 Å². The Balaban J connectivity index is 1.58. The molecule has 3 aromatic heterocycles. The van der Waals surface area contributed by atoms with E-state index in [4.69, 9.17) is 0 Å². The number of fused-ring (bicyclic) bond motifs is 1. The van der Waals surface area contributed by atoms with E-state index in [9.17, 15) is 4.79 Å². The minimum absolute atomic E-state index is 0.212. The van der Waals surface area contributed by atoms with Crippen LogP contribution in [0.25, 0.3) is 5.65 Å². The van der Waals surface area contributed by atoms with Gasteiger partial charge in [0.1, 0.15) is 0 Å². The zero-order chi connectivity index (χ0) is 16.4. The standard InChI is InChI=1S/C15H17BrN6O/c1-10-9-11(2)21(19-10)7-4-6-18-15(23)13-12(16)14-17-5-3-8-22(14)20-13/h3,5,8-9H,4,6-7H2,1-2H3,(H,18,23). The highest BCUT2D eigenvalue weighted by Gasteiger charge is 2.17. The predicted octanol–water partition coefficient (Wildman–Crippen LogP) is 2.13. The van der Waals surface area contributed by atoms with E-state index in [0.29, 0.717) is 22.4 Å². The van der Waals surface area contributed by atoms with Crippen LogP contribution in [0.2, 0.25) is 0 Å². The molecule has 0 saturated carbocycles. The van der Waals surface area contributed by atoms with Crippen molar-refractivity contribution < 1.29 is 4.79 Å². The molecule has 1 N–H and O–H groups in total. The summed E-state index contributed by atoms with van der Waals surface area (Å²) in [5, 5.41) is 11.5. The first-order valence-electron chi connectivity index (χ1n) is 7.34. The zero-order valence-electron chi connectivity index (χ0n) is 13.0. The molecule has 0 bridgehead atoms. The van der Waals surface area contributed by atoms with Gasteiger partial charge in [-0.1, -0.05) is 0 Å². The maximum atomic E-state index is 12.3. The van der Waals surface area contributed by atoms with E-state index in [-0.39, 0.29) is 5.91 Å². The lowest BCUT2D eigenvalue weighted by Crippen LogP contribution is -2.26. The largest absolute Gasteiger partial charge is 0.351 e. The van der Waals surface area contributed by atoms with E-state index in [2.05, 4.69) is 36.4 Å². The van der Waals surface area contributed by atoms with Crippen molar-refractivity contribution in [1.29, 1.82) is 0 Å². The van der Waals surface area contributed by atoms with Gasteiger partial charge in [0.25, 0.3) is 5.91 Å². The Kier molecular flexibility index (Phi) is 4.42. The van der Waals surface area contributed by atoms with Crippen LogP contribution >= 0.6 is 15.9 Å². The molecule has 120 valence electrons. The summed E-state index contributed by atoms with van der Waals surface area (Å²) in [4.78, 5) is 16.4. The summed E-state index contributed by atoms with van der Waals surface area (Å²) in [6.07, 6.45) is 4.22. The fraction of sp³-hybridized carbons (Fsp3) is 0.333. The molecule has 0 aliphatic carbocycles. The number of aryl methyl sites for hydroxylation is 3. The lowest BCUT2D eigenvalue weighted by Gasteiger charge is -2.05. The highest BCUT2D eigenvalue weighted by atomic mass is 79.9. The number of amides is 1. The topological polar surface area (TPSA) is 77.1 Å². The second-order valence-electron chi connectivity index (χ2n) is 5.31. The number of carbonyl (C=O) groups excluding carboxylic acids is 1. The zero-order valence-corrected chi connectivity index (χ0v) is 14.5. The monoisotopic (exact) mass is 376 g/mol. The van der Waals surface area contributed by atoms with Gasteiger partial charge in [0.2, 0.25) is 0 Å². The van der Waals surface area contributed by atoms with Gasteiger partial charge in [-0.3, -0.25) is 9.48 Å². The van der Waals surface area contributed by atoms with E-state index in [1.165, 1.54) is 0 Å². The predicted molar refractivity (Wildman–Crippen MR) is 89.3 cm³/mol. The fourth-order valence-corrected chi connectivity index (χ4v) is 2.96. The molecule has 23 heavy (non-hydrogen) atoms. The molecule has 0 aliphatic rings. The molecule has 3 rings (SSSR count). The Morgan fingerprint density at radius 2 is 2.17 bits per heavy atom. The third-order valence-electron chi connectivity index (χ3n) is 3.49. The van der Waals surface area contributed by atoms with Crippen molar-refractivity contribution >= 4 is 27.5 Å². The quantitative estimate of drug-likeness (QED) is 0.691. The molecule has 8 heteroatoms. The van der Waals surface area contributed by atoms with Gasteiger partial charge in [-0.25, -0.2) is 9.50 Å². The SMILES string of the molecule is Cc1cc(C)n(CCCNC(=O)c2nn3cccnc3c2Br)n1. The first-order valence-corrected chi connectivity index (χ1v) is 8.13. The van der Waals surface area contributed by atoms with Crippen LogP contribution in [0, 0.1) is 13.8 Å². The van der Waals surface area contributed by atoms with Crippen LogP contribution in [0.5, 0.6) is 0 Å². The number of halogens is 1.